The maximum Gasteiger partial charge on any atom is 0.422 e. The molecule has 2 N–H and O–H groups in total. The van der Waals surface area contributed by atoms with Crippen molar-refractivity contribution in [1.29, 1.82) is 0 Å². The number of aromatic nitrogens is 2. The van der Waals surface area contributed by atoms with Crippen molar-refractivity contribution in [1.82, 2.24) is 15.3 Å². The number of fused-ring (bicyclic) bond motifs is 1. The number of nitrogens with zero attached hydrogens (tertiary/aromatic N) is 1. The molecule has 2 aromatic heterocycles. The van der Waals surface area contributed by atoms with Crippen molar-refractivity contribution in [2.45, 2.75) is 38.4 Å². The Kier molecular flexibility index (Phi) is 5.48. The van der Waals surface area contributed by atoms with Crippen molar-refractivity contribution in [2.75, 3.05) is 6.61 Å². The van der Waals surface area contributed by atoms with Gasteiger partial charge >= 0.3 is 6.18 Å². The molecule has 1 saturated carbocycles. The fourth-order valence-electron chi connectivity index (χ4n) is 3.49. The number of halogens is 3. The van der Waals surface area contributed by atoms with Crippen LogP contribution in [0.3, 0.4) is 0 Å². The Morgan fingerprint density at radius 3 is 2.77 bits per heavy atom. The van der Waals surface area contributed by atoms with Gasteiger partial charge in [0.15, 0.2) is 11.7 Å². The summed E-state index contributed by atoms with van der Waals surface area (Å²) in [5, 5.41) is 3.25. The number of H-pyrrole nitrogens is 1. The number of carbonyl (C=O) groups is 1. The van der Waals surface area contributed by atoms with E-state index in [1.54, 1.807) is 6.07 Å². The topological polar surface area (TPSA) is 67.0 Å². The van der Waals surface area contributed by atoms with Crippen molar-refractivity contribution in [3.05, 3.63) is 47.1 Å². The van der Waals surface area contributed by atoms with Crippen molar-refractivity contribution < 1.29 is 22.7 Å². The van der Waals surface area contributed by atoms with Gasteiger partial charge in [0.2, 0.25) is 5.91 Å². The van der Waals surface area contributed by atoms with Crippen LogP contribution in [-0.2, 0) is 4.79 Å². The monoisotopic (exact) mass is 437 g/mol. The number of para-hydroxylation sites is 2. The number of ether oxygens (including phenoxy) is 1. The molecule has 1 aliphatic rings. The van der Waals surface area contributed by atoms with Crippen molar-refractivity contribution in [2.24, 2.45) is 11.8 Å². The number of carbonyl (C=O) groups excluding carboxylic acids is 1. The largest absolute Gasteiger partial charge is 0.475 e. The van der Waals surface area contributed by atoms with E-state index in [1.165, 1.54) is 6.07 Å². The molecule has 9 heteroatoms. The summed E-state index contributed by atoms with van der Waals surface area (Å²) in [5.41, 5.74) is 1.83. The fourth-order valence-corrected chi connectivity index (χ4v) is 4.57. The van der Waals surface area contributed by atoms with E-state index in [0.717, 1.165) is 39.5 Å². The van der Waals surface area contributed by atoms with Crippen molar-refractivity contribution in [3.8, 4) is 5.06 Å². The predicted octanol–water partition coefficient (Wildman–Crippen LogP) is 5.18. The summed E-state index contributed by atoms with van der Waals surface area (Å²) < 4.78 is 41.9. The number of nitrogens with one attached hydrogen (secondary N) is 2. The highest BCUT2D eigenvalue weighted by molar-refractivity contribution is 7.13. The van der Waals surface area contributed by atoms with E-state index < -0.39 is 12.8 Å². The molecule has 1 aromatic carbocycles. The van der Waals surface area contributed by atoms with Crippen LogP contribution in [0, 0.1) is 11.8 Å². The normalized spacial score (nSPS) is 19.8. The van der Waals surface area contributed by atoms with Gasteiger partial charge in [-0.25, -0.2) is 4.98 Å². The van der Waals surface area contributed by atoms with Gasteiger partial charge < -0.3 is 15.0 Å². The maximum absolute atomic E-state index is 12.8. The number of amides is 1. The van der Waals surface area contributed by atoms with E-state index in [-0.39, 0.29) is 34.8 Å². The number of rotatable bonds is 7. The first-order valence-electron chi connectivity index (χ1n) is 9.75. The van der Waals surface area contributed by atoms with Gasteiger partial charge in [-0.1, -0.05) is 26.0 Å². The second kappa shape index (κ2) is 7.94. The molecule has 1 aliphatic carbocycles. The minimum absolute atomic E-state index is 0.0548. The third kappa shape index (κ3) is 4.61. The Bertz CT molecular complexity index is 1010. The lowest BCUT2D eigenvalue weighted by Gasteiger charge is -2.21. The Morgan fingerprint density at radius 2 is 2.07 bits per heavy atom. The van der Waals surface area contributed by atoms with E-state index in [9.17, 15) is 18.0 Å². The molecule has 30 heavy (non-hydrogen) atoms. The average Bonchev–Trinajstić information content (AvgIpc) is 3.15. The minimum Gasteiger partial charge on any atom is -0.475 e. The lowest BCUT2D eigenvalue weighted by Crippen LogP contribution is -2.32. The zero-order valence-corrected chi connectivity index (χ0v) is 17.3. The summed E-state index contributed by atoms with van der Waals surface area (Å²) in [4.78, 5) is 21.5. The van der Waals surface area contributed by atoms with Crippen LogP contribution < -0.4 is 10.1 Å². The highest BCUT2D eigenvalue weighted by Crippen LogP contribution is 2.47. The molecule has 2 heterocycles. The number of alkyl halides is 3. The first kappa shape index (κ1) is 20.7. The number of hydrogen-bond donors (Lipinski definition) is 2. The Labute approximate surface area is 175 Å². The van der Waals surface area contributed by atoms with E-state index in [1.807, 2.05) is 38.1 Å². The third-order valence-corrected chi connectivity index (χ3v) is 6.22. The van der Waals surface area contributed by atoms with Crippen LogP contribution in [0.2, 0.25) is 0 Å². The number of imidazole rings is 1. The lowest BCUT2D eigenvalue weighted by atomic mass is 10.0. The average molecular weight is 437 g/mol. The van der Waals surface area contributed by atoms with Gasteiger partial charge in [0.05, 0.1) is 17.1 Å². The molecule has 4 rings (SSSR count). The molecule has 0 spiro atoms. The standard InChI is InChI=1S/C21H22F3N3O2S/c1-11(2)18(16-7-8-17(30-16)29-10-21(22,23)24)27-20(28)13-9-12(13)19-25-14-5-3-4-6-15(14)26-19/h3-8,11-13,18H,9-10H2,1-2H3,(H,25,26)(H,27,28)/t12-,13-,18?/m1/s1. The Balaban J connectivity index is 1.40. The quantitative estimate of drug-likeness (QED) is 0.535. The summed E-state index contributed by atoms with van der Waals surface area (Å²) in [7, 11) is 0. The van der Waals surface area contributed by atoms with Crippen molar-refractivity contribution >= 4 is 28.3 Å². The highest BCUT2D eigenvalue weighted by Gasteiger charge is 2.46. The SMILES string of the molecule is CC(C)C(NC(=O)[C@@H]1C[C@H]1c1nc2ccccc2[nH]1)c1ccc(OCC(F)(F)F)s1. The summed E-state index contributed by atoms with van der Waals surface area (Å²) in [6, 6.07) is 10.7. The Hall–Kier alpha value is -2.55. The summed E-state index contributed by atoms with van der Waals surface area (Å²) in [6.07, 6.45) is -3.66. The molecule has 160 valence electrons. The van der Waals surface area contributed by atoms with E-state index in [2.05, 4.69) is 15.3 Å². The zero-order valence-electron chi connectivity index (χ0n) is 16.5. The molecule has 0 saturated heterocycles. The minimum atomic E-state index is -4.38. The number of aromatic amines is 1. The van der Waals surface area contributed by atoms with Crippen LogP contribution in [0.1, 0.15) is 42.9 Å². The van der Waals surface area contributed by atoms with Gasteiger partial charge in [-0.2, -0.15) is 13.2 Å². The molecule has 0 aliphatic heterocycles. The fraction of sp³-hybridized carbons (Fsp3) is 0.429. The smallest absolute Gasteiger partial charge is 0.422 e. The molecule has 5 nitrogen and oxygen atoms in total. The first-order valence-corrected chi connectivity index (χ1v) is 10.6. The van der Waals surface area contributed by atoms with Gasteiger partial charge in [0.1, 0.15) is 5.82 Å². The molecule has 3 aromatic rings. The number of hydrogen-bond acceptors (Lipinski definition) is 4. The molecule has 0 bridgehead atoms. The van der Waals surface area contributed by atoms with Gasteiger partial charge in [-0.05, 0) is 36.6 Å². The number of benzene rings is 1. The predicted molar refractivity (Wildman–Crippen MR) is 109 cm³/mol. The molecule has 0 radical (unpaired) electrons. The second-order valence-electron chi connectivity index (χ2n) is 7.88. The van der Waals surface area contributed by atoms with Gasteiger partial charge in [0.25, 0.3) is 0 Å². The van der Waals surface area contributed by atoms with Crippen LogP contribution in [0.5, 0.6) is 5.06 Å². The van der Waals surface area contributed by atoms with Gasteiger partial charge in [0, 0.05) is 16.7 Å². The summed E-state index contributed by atoms with van der Waals surface area (Å²) in [5.74, 6) is 0.722. The van der Waals surface area contributed by atoms with Crippen LogP contribution in [0.4, 0.5) is 13.2 Å². The highest BCUT2D eigenvalue weighted by atomic mass is 32.1. The third-order valence-electron chi connectivity index (χ3n) is 5.14. The maximum atomic E-state index is 12.8. The van der Waals surface area contributed by atoms with Gasteiger partial charge in [-0.3, -0.25) is 4.79 Å². The zero-order chi connectivity index (χ0) is 21.5. The van der Waals surface area contributed by atoms with Crippen LogP contribution in [-0.4, -0.2) is 28.7 Å². The second-order valence-corrected chi connectivity index (χ2v) is 8.96. The molecule has 3 atom stereocenters. The number of thiophene rings is 1. The van der Waals surface area contributed by atoms with Crippen LogP contribution in [0.25, 0.3) is 11.0 Å². The summed E-state index contributed by atoms with van der Waals surface area (Å²) >= 11 is 1.13. The molecular formula is C21H22F3N3O2S. The lowest BCUT2D eigenvalue weighted by molar-refractivity contribution is -0.152. The molecular weight excluding hydrogens is 415 g/mol. The van der Waals surface area contributed by atoms with Crippen LogP contribution in [0.15, 0.2) is 36.4 Å². The summed E-state index contributed by atoms with van der Waals surface area (Å²) in [6.45, 7) is 2.60. The molecule has 1 amide bonds. The van der Waals surface area contributed by atoms with Crippen molar-refractivity contribution in [3.63, 3.8) is 0 Å². The van der Waals surface area contributed by atoms with E-state index in [4.69, 9.17) is 4.74 Å². The van der Waals surface area contributed by atoms with E-state index >= 15 is 0 Å². The molecule has 1 unspecified atom stereocenters. The van der Waals surface area contributed by atoms with Crippen LogP contribution >= 0.6 is 11.3 Å². The Morgan fingerprint density at radius 1 is 1.30 bits per heavy atom. The first-order chi connectivity index (χ1) is 14.2. The van der Waals surface area contributed by atoms with E-state index in [0.29, 0.717) is 0 Å². The van der Waals surface area contributed by atoms with Gasteiger partial charge in [-0.15, -0.1) is 11.3 Å². The molecule has 1 fully saturated rings.